The molecule has 1 fully saturated rings. The van der Waals surface area contributed by atoms with Crippen molar-refractivity contribution in [3.05, 3.63) is 53.7 Å². The molecule has 2 aromatic rings. The van der Waals surface area contributed by atoms with Crippen molar-refractivity contribution >= 4 is 17.6 Å². The number of nitrogens with one attached hydrogen (secondary N) is 1. The highest BCUT2D eigenvalue weighted by Crippen LogP contribution is 2.29. The van der Waals surface area contributed by atoms with Crippen molar-refractivity contribution in [2.24, 2.45) is 5.92 Å². The van der Waals surface area contributed by atoms with E-state index in [0.717, 1.165) is 23.4 Å². The van der Waals surface area contributed by atoms with Crippen molar-refractivity contribution in [3.63, 3.8) is 0 Å². The SMILES string of the molecule is COc1ccccc1CCN1CC(C(=O)Nc2ccc(C(F)(F)F)cn2)CC1=O. The van der Waals surface area contributed by atoms with E-state index < -0.39 is 23.6 Å². The van der Waals surface area contributed by atoms with Crippen molar-refractivity contribution in [2.45, 2.75) is 19.0 Å². The minimum Gasteiger partial charge on any atom is -0.496 e. The van der Waals surface area contributed by atoms with Crippen LogP contribution in [0.2, 0.25) is 0 Å². The number of likely N-dealkylation sites (tertiary alicyclic amines) is 1. The van der Waals surface area contributed by atoms with Gasteiger partial charge in [0.25, 0.3) is 0 Å². The molecule has 9 heteroatoms. The monoisotopic (exact) mass is 407 g/mol. The maximum Gasteiger partial charge on any atom is 0.417 e. The topological polar surface area (TPSA) is 71.5 Å². The van der Waals surface area contributed by atoms with Gasteiger partial charge in [-0.1, -0.05) is 18.2 Å². The van der Waals surface area contributed by atoms with E-state index >= 15 is 0 Å². The molecule has 0 saturated carbocycles. The van der Waals surface area contributed by atoms with Crippen LogP contribution in [0.1, 0.15) is 17.5 Å². The third-order valence-corrected chi connectivity index (χ3v) is 4.77. The van der Waals surface area contributed by atoms with Crippen molar-refractivity contribution in [1.29, 1.82) is 0 Å². The van der Waals surface area contributed by atoms with Crippen LogP contribution in [-0.4, -0.2) is 41.9 Å². The second-order valence-electron chi connectivity index (χ2n) is 6.72. The van der Waals surface area contributed by atoms with Gasteiger partial charge in [-0.25, -0.2) is 4.98 Å². The zero-order valence-electron chi connectivity index (χ0n) is 15.7. The summed E-state index contributed by atoms with van der Waals surface area (Å²) in [5.74, 6) is -0.403. The summed E-state index contributed by atoms with van der Waals surface area (Å²) in [5.41, 5.74) is 0.0683. The number of carbonyl (C=O) groups is 2. The van der Waals surface area contributed by atoms with Crippen molar-refractivity contribution in [2.75, 3.05) is 25.5 Å². The normalized spacial score (nSPS) is 16.8. The number of hydrogen-bond acceptors (Lipinski definition) is 4. The van der Waals surface area contributed by atoms with E-state index in [1.165, 1.54) is 0 Å². The lowest BCUT2D eigenvalue weighted by Gasteiger charge is -2.17. The van der Waals surface area contributed by atoms with Crippen LogP contribution in [0.25, 0.3) is 0 Å². The lowest BCUT2D eigenvalue weighted by molar-refractivity contribution is -0.137. The average Bonchev–Trinajstić information content (AvgIpc) is 3.07. The number of anilines is 1. The van der Waals surface area contributed by atoms with Gasteiger partial charge in [0.05, 0.1) is 18.6 Å². The number of rotatable bonds is 6. The van der Waals surface area contributed by atoms with E-state index in [1.54, 1.807) is 12.0 Å². The summed E-state index contributed by atoms with van der Waals surface area (Å²) in [5, 5.41) is 2.48. The van der Waals surface area contributed by atoms with Gasteiger partial charge in [-0.2, -0.15) is 13.2 Å². The predicted octanol–water partition coefficient (Wildman–Crippen LogP) is 3.14. The number of carbonyl (C=O) groups excluding carboxylic acids is 2. The fourth-order valence-corrected chi connectivity index (χ4v) is 3.19. The van der Waals surface area contributed by atoms with Crippen LogP contribution < -0.4 is 10.1 Å². The molecule has 0 spiro atoms. The lowest BCUT2D eigenvalue weighted by atomic mass is 10.1. The molecular formula is C20H20F3N3O3. The zero-order valence-corrected chi connectivity index (χ0v) is 15.7. The van der Waals surface area contributed by atoms with E-state index in [-0.39, 0.29) is 24.7 Å². The fourth-order valence-electron chi connectivity index (χ4n) is 3.19. The fraction of sp³-hybridized carbons (Fsp3) is 0.350. The molecule has 1 aliphatic heterocycles. The highest BCUT2D eigenvalue weighted by Gasteiger charge is 2.34. The van der Waals surface area contributed by atoms with E-state index in [1.807, 2.05) is 24.3 Å². The number of alkyl halides is 3. The lowest BCUT2D eigenvalue weighted by Crippen LogP contribution is -2.30. The Morgan fingerprint density at radius 3 is 2.69 bits per heavy atom. The summed E-state index contributed by atoms with van der Waals surface area (Å²) in [6.45, 7) is 0.696. The number of nitrogens with zero attached hydrogens (tertiary/aromatic N) is 2. The largest absolute Gasteiger partial charge is 0.496 e. The number of hydrogen-bond donors (Lipinski definition) is 1. The molecule has 1 unspecified atom stereocenters. The molecule has 0 bridgehead atoms. The molecule has 1 N–H and O–H groups in total. The molecule has 154 valence electrons. The molecule has 29 heavy (non-hydrogen) atoms. The van der Waals surface area contributed by atoms with Gasteiger partial charge in [0.1, 0.15) is 11.6 Å². The third kappa shape index (κ3) is 5.04. The number of halogens is 3. The molecule has 1 aromatic carbocycles. The van der Waals surface area contributed by atoms with Crippen LogP contribution in [0, 0.1) is 5.92 Å². The summed E-state index contributed by atoms with van der Waals surface area (Å²) in [6, 6.07) is 9.45. The third-order valence-electron chi connectivity index (χ3n) is 4.77. The Balaban J connectivity index is 1.56. The molecule has 0 radical (unpaired) electrons. The van der Waals surface area contributed by atoms with Gasteiger partial charge in [-0.15, -0.1) is 0 Å². The number of pyridine rings is 1. The van der Waals surface area contributed by atoms with Gasteiger partial charge in [-0.05, 0) is 30.2 Å². The van der Waals surface area contributed by atoms with Crippen LogP contribution in [0.3, 0.4) is 0 Å². The molecule has 3 rings (SSSR count). The zero-order chi connectivity index (χ0) is 21.0. The Kier molecular flexibility index (Phi) is 6.05. The van der Waals surface area contributed by atoms with Gasteiger partial charge < -0.3 is 15.0 Å². The number of benzene rings is 1. The van der Waals surface area contributed by atoms with E-state index in [2.05, 4.69) is 10.3 Å². The van der Waals surface area contributed by atoms with Crippen molar-refractivity contribution in [3.8, 4) is 5.75 Å². The molecule has 1 aromatic heterocycles. The number of para-hydroxylation sites is 1. The smallest absolute Gasteiger partial charge is 0.417 e. The van der Waals surface area contributed by atoms with Gasteiger partial charge in [0.15, 0.2) is 0 Å². The quantitative estimate of drug-likeness (QED) is 0.799. The Hall–Kier alpha value is -3.10. The maximum absolute atomic E-state index is 12.6. The molecule has 1 atom stereocenters. The maximum atomic E-state index is 12.6. The Bertz CT molecular complexity index is 885. The van der Waals surface area contributed by atoms with Crippen LogP contribution in [0.15, 0.2) is 42.6 Å². The molecule has 6 nitrogen and oxygen atoms in total. The number of aromatic nitrogens is 1. The highest BCUT2D eigenvalue weighted by atomic mass is 19.4. The molecule has 1 aliphatic rings. The molecule has 2 heterocycles. The molecular weight excluding hydrogens is 387 g/mol. The molecule has 1 saturated heterocycles. The van der Waals surface area contributed by atoms with E-state index in [4.69, 9.17) is 4.74 Å². The number of methoxy groups -OCH3 is 1. The summed E-state index contributed by atoms with van der Waals surface area (Å²) in [6.07, 6.45) is -3.19. The summed E-state index contributed by atoms with van der Waals surface area (Å²) in [7, 11) is 1.58. The summed E-state index contributed by atoms with van der Waals surface area (Å²) < 4.78 is 43.0. The first-order valence-electron chi connectivity index (χ1n) is 9.01. The van der Waals surface area contributed by atoms with Crippen LogP contribution in [0.5, 0.6) is 5.75 Å². The Morgan fingerprint density at radius 2 is 2.03 bits per heavy atom. The minimum atomic E-state index is -4.49. The number of ether oxygens (including phenoxy) is 1. The highest BCUT2D eigenvalue weighted by molar-refractivity contribution is 5.96. The first kappa shape index (κ1) is 20.6. The Morgan fingerprint density at radius 1 is 1.28 bits per heavy atom. The van der Waals surface area contributed by atoms with Gasteiger partial charge >= 0.3 is 6.18 Å². The predicted molar refractivity (Wildman–Crippen MR) is 99.3 cm³/mol. The van der Waals surface area contributed by atoms with Gasteiger partial charge in [0, 0.05) is 25.7 Å². The van der Waals surface area contributed by atoms with Crippen LogP contribution in [0.4, 0.5) is 19.0 Å². The standard InChI is InChI=1S/C20H20F3N3O3/c1-29-16-5-3-2-4-13(16)8-9-26-12-14(10-18(26)27)19(28)25-17-7-6-15(11-24-17)20(21,22)23/h2-7,11,14H,8-10,12H2,1H3,(H,24,25,28). The van der Waals surface area contributed by atoms with Crippen molar-refractivity contribution < 1.29 is 27.5 Å². The first-order valence-corrected chi connectivity index (χ1v) is 9.01. The van der Waals surface area contributed by atoms with Crippen molar-refractivity contribution in [1.82, 2.24) is 9.88 Å². The van der Waals surface area contributed by atoms with E-state index in [0.29, 0.717) is 19.2 Å². The Labute approximate surface area is 165 Å². The second-order valence-corrected chi connectivity index (χ2v) is 6.72. The average molecular weight is 407 g/mol. The van der Waals surface area contributed by atoms with Gasteiger partial charge in [0.2, 0.25) is 11.8 Å². The number of amides is 2. The summed E-state index contributed by atoms with van der Waals surface area (Å²) in [4.78, 5) is 29.9. The molecule has 0 aliphatic carbocycles. The van der Waals surface area contributed by atoms with Gasteiger partial charge in [-0.3, -0.25) is 9.59 Å². The second kappa shape index (κ2) is 8.50. The van der Waals surface area contributed by atoms with Crippen LogP contribution in [-0.2, 0) is 22.2 Å². The minimum absolute atomic E-state index is 0.0166. The van der Waals surface area contributed by atoms with Crippen LogP contribution >= 0.6 is 0 Å². The van der Waals surface area contributed by atoms with E-state index in [9.17, 15) is 22.8 Å². The molecule has 2 amide bonds. The first-order chi connectivity index (χ1) is 13.8. The summed E-state index contributed by atoms with van der Waals surface area (Å²) >= 11 is 0.